The number of fused-ring (bicyclic) bond motifs is 2. The summed E-state index contributed by atoms with van der Waals surface area (Å²) in [6.07, 6.45) is -0.692. The van der Waals surface area contributed by atoms with Crippen LogP contribution in [0.25, 0.3) is 10.9 Å². The molecule has 1 saturated heterocycles. The number of H-pyrrole nitrogens is 1. The molecule has 1 aromatic heterocycles. The SMILES string of the molecule is Cc1[nH]c2ccccc2c1[C@H](C(=O)O)N1CCN(C(=O)[C@H]2COc3ccccc3O2)CC1. The molecule has 32 heavy (non-hydrogen) atoms. The summed E-state index contributed by atoms with van der Waals surface area (Å²) in [5.41, 5.74) is 2.56. The second-order valence-electron chi connectivity index (χ2n) is 8.18. The number of nitrogens with one attached hydrogen (secondary N) is 1. The molecule has 1 amide bonds. The van der Waals surface area contributed by atoms with Crippen molar-refractivity contribution in [1.82, 2.24) is 14.8 Å². The molecule has 2 N–H and O–H groups in total. The second kappa shape index (κ2) is 8.20. The van der Waals surface area contributed by atoms with Gasteiger partial charge in [-0.2, -0.15) is 0 Å². The Bertz CT molecular complexity index is 1170. The maximum absolute atomic E-state index is 13.0. The smallest absolute Gasteiger partial charge is 0.325 e. The molecule has 5 rings (SSSR count). The van der Waals surface area contributed by atoms with E-state index in [1.807, 2.05) is 54.3 Å². The van der Waals surface area contributed by atoms with Gasteiger partial charge in [0.05, 0.1) is 0 Å². The molecule has 0 bridgehead atoms. The Balaban J connectivity index is 1.29. The number of ether oxygens (including phenoxy) is 2. The van der Waals surface area contributed by atoms with Gasteiger partial charge in [-0.05, 0) is 25.1 Å². The molecular weight excluding hydrogens is 410 g/mol. The van der Waals surface area contributed by atoms with Crippen LogP contribution in [0.2, 0.25) is 0 Å². The molecule has 8 heteroatoms. The Hall–Kier alpha value is -3.52. The molecule has 0 unspecified atom stereocenters. The van der Waals surface area contributed by atoms with E-state index in [2.05, 4.69) is 4.98 Å². The fourth-order valence-electron chi connectivity index (χ4n) is 4.66. The van der Waals surface area contributed by atoms with Crippen molar-refractivity contribution in [3.63, 3.8) is 0 Å². The number of amides is 1. The van der Waals surface area contributed by atoms with Crippen molar-refractivity contribution in [3.05, 3.63) is 59.8 Å². The number of aromatic nitrogens is 1. The van der Waals surface area contributed by atoms with Crippen LogP contribution in [-0.4, -0.2) is 70.7 Å². The molecule has 2 aliphatic heterocycles. The maximum Gasteiger partial charge on any atom is 0.325 e. The van der Waals surface area contributed by atoms with Gasteiger partial charge in [0.15, 0.2) is 11.5 Å². The van der Waals surface area contributed by atoms with Gasteiger partial charge in [-0.3, -0.25) is 14.5 Å². The summed E-state index contributed by atoms with van der Waals surface area (Å²) in [5, 5.41) is 11.0. The minimum absolute atomic E-state index is 0.130. The highest BCUT2D eigenvalue weighted by molar-refractivity contribution is 5.90. The zero-order valence-corrected chi connectivity index (χ0v) is 17.8. The Morgan fingerprint density at radius 1 is 1.03 bits per heavy atom. The minimum atomic E-state index is -0.891. The van der Waals surface area contributed by atoms with Crippen LogP contribution >= 0.6 is 0 Å². The molecule has 0 radical (unpaired) electrons. The van der Waals surface area contributed by atoms with Crippen molar-refractivity contribution in [2.75, 3.05) is 32.8 Å². The third-order valence-electron chi connectivity index (χ3n) is 6.23. The number of hydrogen-bond acceptors (Lipinski definition) is 5. The van der Waals surface area contributed by atoms with E-state index in [-0.39, 0.29) is 12.5 Å². The van der Waals surface area contributed by atoms with Crippen molar-refractivity contribution >= 4 is 22.8 Å². The number of piperazine rings is 1. The number of aromatic amines is 1. The summed E-state index contributed by atoms with van der Waals surface area (Å²) in [4.78, 5) is 32.3. The normalized spacial score (nSPS) is 19.7. The van der Waals surface area contributed by atoms with Gasteiger partial charge in [0.25, 0.3) is 5.91 Å². The third-order valence-corrected chi connectivity index (χ3v) is 6.23. The lowest BCUT2D eigenvalue weighted by atomic mass is 10.0. The highest BCUT2D eigenvalue weighted by Gasteiger charge is 2.37. The Kier molecular flexibility index (Phi) is 5.22. The van der Waals surface area contributed by atoms with Gasteiger partial charge in [0.2, 0.25) is 6.10 Å². The van der Waals surface area contributed by atoms with Gasteiger partial charge >= 0.3 is 5.97 Å². The predicted octanol–water partition coefficient (Wildman–Crippen LogP) is 2.59. The number of carboxylic acids is 1. The largest absolute Gasteiger partial charge is 0.485 e. The number of nitrogens with zero attached hydrogens (tertiary/aromatic N) is 2. The number of carbonyl (C=O) groups is 2. The van der Waals surface area contributed by atoms with Crippen molar-refractivity contribution in [3.8, 4) is 11.5 Å². The van der Waals surface area contributed by atoms with Gasteiger partial charge in [0.1, 0.15) is 12.6 Å². The van der Waals surface area contributed by atoms with Gasteiger partial charge < -0.3 is 24.5 Å². The summed E-state index contributed by atoms with van der Waals surface area (Å²) in [7, 11) is 0. The van der Waals surface area contributed by atoms with Crippen LogP contribution in [0.15, 0.2) is 48.5 Å². The van der Waals surface area contributed by atoms with Crippen molar-refractivity contribution in [2.45, 2.75) is 19.1 Å². The number of hydrogen-bond donors (Lipinski definition) is 2. The summed E-state index contributed by atoms with van der Waals surface area (Å²) >= 11 is 0. The maximum atomic E-state index is 13.0. The highest BCUT2D eigenvalue weighted by atomic mass is 16.6. The number of rotatable bonds is 4. The molecule has 0 aliphatic carbocycles. The minimum Gasteiger partial charge on any atom is -0.485 e. The molecule has 0 spiro atoms. The first-order chi connectivity index (χ1) is 15.5. The highest BCUT2D eigenvalue weighted by Crippen LogP contribution is 2.33. The molecule has 8 nitrogen and oxygen atoms in total. The number of benzene rings is 2. The summed E-state index contributed by atoms with van der Waals surface area (Å²) < 4.78 is 11.5. The first kappa shape index (κ1) is 20.4. The molecular formula is C24H25N3O5. The first-order valence-corrected chi connectivity index (χ1v) is 10.7. The molecule has 2 aromatic carbocycles. The third kappa shape index (κ3) is 3.56. The topological polar surface area (TPSA) is 95.1 Å². The van der Waals surface area contributed by atoms with Gasteiger partial charge in [0, 0.05) is 48.3 Å². The standard InChI is InChI=1S/C24H25N3O5/c1-15-21(16-6-2-3-7-17(16)25-15)22(24(29)30)26-10-12-27(13-11-26)23(28)20-14-31-18-8-4-5-9-19(18)32-20/h2-9,20,22,25H,10-14H2,1H3,(H,29,30)/t20-,22-/m1/s1. The van der Waals surface area contributed by atoms with E-state index in [0.717, 1.165) is 22.2 Å². The van der Waals surface area contributed by atoms with Crippen LogP contribution in [0.3, 0.4) is 0 Å². The van der Waals surface area contributed by atoms with Gasteiger partial charge in [-0.1, -0.05) is 30.3 Å². The zero-order valence-electron chi connectivity index (χ0n) is 17.8. The van der Waals surface area contributed by atoms with E-state index < -0.39 is 18.1 Å². The average molecular weight is 435 g/mol. The Labute approximate surface area is 185 Å². The van der Waals surface area contributed by atoms with Crippen LogP contribution in [0.1, 0.15) is 17.3 Å². The monoisotopic (exact) mass is 435 g/mol. The quantitative estimate of drug-likeness (QED) is 0.654. The average Bonchev–Trinajstić information content (AvgIpc) is 3.14. The number of carboxylic acid groups (broad SMARTS) is 1. The van der Waals surface area contributed by atoms with Crippen LogP contribution in [0, 0.1) is 6.92 Å². The Morgan fingerprint density at radius 2 is 1.72 bits per heavy atom. The molecule has 2 atom stereocenters. The van der Waals surface area contributed by atoms with Crippen molar-refractivity contribution in [2.24, 2.45) is 0 Å². The lowest BCUT2D eigenvalue weighted by Gasteiger charge is -2.39. The summed E-state index contributed by atoms with van der Waals surface area (Å²) in [5.74, 6) is 0.184. The predicted molar refractivity (Wildman–Crippen MR) is 118 cm³/mol. The number of para-hydroxylation sites is 3. The molecule has 1 fully saturated rings. The fourth-order valence-corrected chi connectivity index (χ4v) is 4.66. The zero-order chi connectivity index (χ0) is 22.2. The van der Waals surface area contributed by atoms with E-state index >= 15 is 0 Å². The second-order valence-corrected chi connectivity index (χ2v) is 8.18. The van der Waals surface area contributed by atoms with E-state index in [9.17, 15) is 14.7 Å². The van der Waals surface area contributed by atoms with Crippen LogP contribution < -0.4 is 9.47 Å². The fraction of sp³-hybridized carbons (Fsp3) is 0.333. The van der Waals surface area contributed by atoms with Crippen LogP contribution in [0.5, 0.6) is 11.5 Å². The summed E-state index contributed by atoms with van der Waals surface area (Å²) in [6, 6.07) is 14.3. The van der Waals surface area contributed by atoms with Crippen LogP contribution in [-0.2, 0) is 9.59 Å². The molecule has 166 valence electrons. The van der Waals surface area contributed by atoms with E-state index in [1.165, 1.54) is 0 Å². The van der Waals surface area contributed by atoms with Crippen molar-refractivity contribution < 1.29 is 24.2 Å². The molecule has 3 heterocycles. The summed E-state index contributed by atoms with van der Waals surface area (Å²) in [6.45, 7) is 3.88. The van der Waals surface area contributed by atoms with E-state index in [4.69, 9.17) is 9.47 Å². The molecule has 2 aliphatic rings. The van der Waals surface area contributed by atoms with Crippen molar-refractivity contribution in [1.29, 1.82) is 0 Å². The molecule has 0 saturated carbocycles. The van der Waals surface area contributed by atoms with Gasteiger partial charge in [-0.25, -0.2) is 0 Å². The number of aryl methyl sites for hydroxylation is 1. The van der Waals surface area contributed by atoms with Crippen LogP contribution in [0.4, 0.5) is 0 Å². The first-order valence-electron chi connectivity index (χ1n) is 10.7. The number of carbonyl (C=O) groups excluding carboxylic acids is 1. The van der Waals surface area contributed by atoms with E-state index in [1.54, 1.807) is 11.0 Å². The Morgan fingerprint density at radius 3 is 2.47 bits per heavy atom. The number of aliphatic carboxylic acids is 1. The van der Waals surface area contributed by atoms with Gasteiger partial charge in [-0.15, -0.1) is 0 Å². The lowest BCUT2D eigenvalue weighted by Crippen LogP contribution is -2.55. The molecule has 3 aromatic rings. The van der Waals surface area contributed by atoms with E-state index in [0.29, 0.717) is 37.7 Å². The lowest BCUT2D eigenvalue weighted by molar-refractivity contribution is -0.147.